The van der Waals surface area contributed by atoms with E-state index in [1.165, 1.54) is 0 Å². The van der Waals surface area contributed by atoms with Crippen molar-refractivity contribution in [2.24, 2.45) is 0 Å². The highest BCUT2D eigenvalue weighted by Crippen LogP contribution is 2.30. The number of amides is 1. The van der Waals surface area contributed by atoms with Gasteiger partial charge in [0.1, 0.15) is 0 Å². The van der Waals surface area contributed by atoms with Crippen LogP contribution in [0.2, 0.25) is 0 Å². The van der Waals surface area contributed by atoms with Gasteiger partial charge in [-0.25, -0.2) is 0 Å². The Hall–Kier alpha value is -2.17. The van der Waals surface area contributed by atoms with Crippen molar-refractivity contribution in [3.8, 4) is 0 Å². The highest BCUT2D eigenvalue weighted by atomic mass is 16.5. The number of hydrogen-bond donors (Lipinski definition) is 1. The standard InChI is InChI=1S/C20H24N2O2/c1-15-14-24-20(17-9-5-3-6-10-17)16(2)22(15)13-19(23)21-18-11-7-4-8-12-18/h3-12,15-16,20H,13-14H2,1-2H3,(H,21,23). The zero-order chi connectivity index (χ0) is 16.9. The number of nitrogens with zero attached hydrogens (tertiary/aromatic N) is 1. The van der Waals surface area contributed by atoms with Crippen molar-refractivity contribution in [2.75, 3.05) is 18.5 Å². The molecule has 126 valence electrons. The first-order chi connectivity index (χ1) is 11.6. The van der Waals surface area contributed by atoms with Gasteiger partial charge in [-0.05, 0) is 31.5 Å². The molecule has 1 saturated heterocycles. The Labute approximate surface area is 143 Å². The Kier molecular flexibility index (Phi) is 5.28. The van der Waals surface area contributed by atoms with E-state index in [1.54, 1.807) is 0 Å². The van der Waals surface area contributed by atoms with Crippen LogP contribution in [0.25, 0.3) is 0 Å². The quantitative estimate of drug-likeness (QED) is 0.936. The van der Waals surface area contributed by atoms with E-state index in [0.717, 1.165) is 11.3 Å². The first-order valence-electron chi connectivity index (χ1n) is 8.42. The van der Waals surface area contributed by atoms with Gasteiger partial charge in [0, 0.05) is 17.8 Å². The van der Waals surface area contributed by atoms with Crippen LogP contribution in [0.3, 0.4) is 0 Å². The minimum absolute atomic E-state index is 0.00748. The molecule has 4 heteroatoms. The van der Waals surface area contributed by atoms with E-state index in [1.807, 2.05) is 48.5 Å². The van der Waals surface area contributed by atoms with Gasteiger partial charge in [0.2, 0.25) is 5.91 Å². The van der Waals surface area contributed by atoms with Crippen molar-refractivity contribution in [1.29, 1.82) is 0 Å². The van der Waals surface area contributed by atoms with E-state index >= 15 is 0 Å². The lowest BCUT2D eigenvalue weighted by Crippen LogP contribution is -2.53. The maximum atomic E-state index is 12.4. The first-order valence-corrected chi connectivity index (χ1v) is 8.42. The van der Waals surface area contributed by atoms with Crippen LogP contribution < -0.4 is 5.32 Å². The van der Waals surface area contributed by atoms with Gasteiger partial charge in [0.05, 0.1) is 19.3 Å². The summed E-state index contributed by atoms with van der Waals surface area (Å²) in [6.45, 7) is 5.23. The van der Waals surface area contributed by atoms with Gasteiger partial charge in [-0.1, -0.05) is 48.5 Å². The SMILES string of the molecule is CC1COC(c2ccccc2)C(C)N1CC(=O)Nc1ccccc1. The fourth-order valence-corrected chi connectivity index (χ4v) is 3.26. The van der Waals surface area contributed by atoms with Crippen molar-refractivity contribution in [1.82, 2.24) is 4.90 Å². The van der Waals surface area contributed by atoms with Crippen LogP contribution in [-0.4, -0.2) is 36.0 Å². The molecule has 1 aliphatic heterocycles. The lowest BCUT2D eigenvalue weighted by molar-refractivity contribution is -0.127. The third-order valence-corrected chi connectivity index (χ3v) is 4.56. The van der Waals surface area contributed by atoms with E-state index in [2.05, 4.69) is 36.2 Å². The molecule has 0 aromatic heterocycles. The summed E-state index contributed by atoms with van der Waals surface area (Å²) in [6, 6.07) is 20.1. The number of hydrogen-bond acceptors (Lipinski definition) is 3. The third kappa shape index (κ3) is 3.83. The normalized spacial score (nSPS) is 24.5. The van der Waals surface area contributed by atoms with E-state index in [9.17, 15) is 4.79 Å². The van der Waals surface area contributed by atoms with Crippen molar-refractivity contribution in [3.05, 3.63) is 66.2 Å². The maximum Gasteiger partial charge on any atom is 0.238 e. The lowest BCUT2D eigenvalue weighted by atomic mass is 9.98. The maximum absolute atomic E-state index is 12.4. The van der Waals surface area contributed by atoms with Gasteiger partial charge in [0.25, 0.3) is 0 Å². The minimum Gasteiger partial charge on any atom is -0.370 e. The number of rotatable bonds is 4. The Morgan fingerprint density at radius 2 is 1.71 bits per heavy atom. The summed E-state index contributed by atoms with van der Waals surface area (Å²) in [7, 11) is 0. The van der Waals surface area contributed by atoms with Crippen LogP contribution in [-0.2, 0) is 9.53 Å². The lowest BCUT2D eigenvalue weighted by Gasteiger charge is -2.43. The number of anilines is 1. The van der Waals surface area contributed by atoms with Crippen LogP contribution in [0, 0.1) is 0 Å². The molecule has 4 nitrogen and oxygen atoms in total. The zero-order valence-electron chi connectivity index (χ0n) is 14.2. The van der Waals surface area contributed by atoms with E-state index in [4.69, 9.17) is 4.74 Å². The molecule has 1 N–H and O–H groups in total. The second-order valence-corrected chi connectivity index (χ2v) is 6.34. The molecule has 3 rings (SSSR count). The number of morpholine rings is 1. The molecule has 1 aliphatic rings. The van der Waals surface area contributed by atoms with Crippen LogP contribution in [0.4, 0.5) is 5.69 Å². The summed E-state index contributed by atoms with van der Waals surface area (Å²) >= 11 is 0. The van der Waals surface area contributed by atoms with Crippen LogP contribution in [0.1, 0.15) is 25.5 Å². The summed E-state index contributed by atoms with van der Waals surface area (Å²) < 4.78 is 6.05. The fraction of sp³-hybridized carbons (Fsp3) is 0.350. The molecule has 0 aliphatic carbocycles. The zero-order valence-corrected chi connectivity index (χ0v) is 14.2. The third-order valence-electron chi connectivity index (χ3n) is 4.56. The Morgan fingerprint density at radius 3 is 2.38 bits per heavy atom. The van der Waals surface area contributed by atoms with Crippen LogP contribution in [0.5, 0.6) is 0 Å². The first kappa shape index (κ1) is 16.7. The van der Waals surface area contributed by atoms with Gasteiger partial charge < -0.3 is 10.1 Å². The van der Waals surface area contributed by atoms with Gasteiger partial charge in [0.15, 0.2) is 0 Å². The molecule has 3 atom stereocenters. The molecule has 1 heterocycles. The second-order valence-electron chi connectivity index (χ2n) is 6.34. The molecule has 0 radical (unpaired) electrons. The number of carbonyl (C=O) groups is 1. The van der Waals surface area contributed by atoms with Crippen molar-refractivity contribution >= 4 is 11.6 Å². The molecule has 1 fully saturated rings. The minimum atomic E-state index is -0.00748. The van der Waals surface area contributed by atoms with Crippen molar-refractivity contribution in [3.63, 3.8) is 0 Å². The average Bonchev–Trinajstić information content (AvgIpc) is 2.60. The number of ether oxygens (including phenoxy) is 1. The molecular formula is C20H24N2O2. The number of nitrogens with one attached hydrogen (secondary N) is 1. The molecule has 3 unspecified atom stereocenters. The van der Waals surface area contributed by atoms with Gasteiger partial charge in [-0.2, -0.15) is 0 Å². The summed E-state index contributed by atoms with van der Waals surface area (Å²) in [6.07, 6.45) is -0.00748. The van der Waals surface area contributed by atoms with Crippen LogP contribution >= 0.6 is 0 Å². The van der Waals surface area contributed by atoms with Crippen LogP contribution in [0.15, 0.2) is 60.7 Å². The largest absolute Gasteiger partial charge is 0.370 e. The second kappa shape index (κ2) is 7.60. The summed E-state index contributed by atoms with van der Waals surface area (Å²) in [5, 5.41) is 2.96. The Morgan fingerprint density at radius 1 is 1.08 bits per heavy atom. The van der Waals surface area contributed by atoms with Gasteiger partial charge in [-0.3, -0.25) is 9.69 Å². The molecular weight excluding hydrogens is 300 g/mol. The number of para-hydroxylation sites is 1. The molecule has 24 heavy (non-hydrogen) atoms. The molecule has 0 bridgehead atoms. The predicted molar refractivity (Wildman–Crippen MR) is 95.8 cm³/mol. The Bertz CT molecular complexity index is 660. The Balaban J connectivity index is 1.68. The summed E-state index contributed by atoms with van der Waals surface area (Å²) in [5.41, 5.74) is 1.99. The van der Waals surface area contributed by atoms with Gasteiger partial charge >= 0.3 is 0 Å². The fourth-order valence-electron chi connectivity index (χ4n) is 3.26. The monoisotopic (exact) mass is 324 g/mol. The van der Waals surface area contributed by atoms with E-state index in [0.29, 0.717) is 13.2 Å². The summed E-state index contributed by atoms with van der Waals surface area (Å²) in [5.74, 6) is 0.00797. The van der Waals surface area contributed by atoms with E-state index in [-0.39, 0.29) is 24.1 Å². The summed E-state index contributed by atoms with van der Waals surface area (Å²) in [4.78, 5) is 14.6. The molecule has 2 aromatic rings. The predicted octanol–water partition coefficient (Wildman–Crippen LogP) is 3.48. The van der Waals surface area contributed by atoms with Crippen molar-refractivity contribution in [2.45, 2.75) is 32.0 Å². The van der Waals surface area contributed by atoms with Gasteiger partial charge in [-0.15, -0.1) is 0 Å². The molecule has 0 spiro atoms. The average molecular weight is 324 g/mol. The van der Waals surface area contributed by atoms with E-state index < -0.39 is 0 Å². The molecule has 0 saturated carbocycles. The number of carbonyl (C=O) groups excluding carboxylic acids is 1. The number of benzene rings is 2. The molecule has 2 aromatic carbocycles. The van der Waals surface area contributed by atoms with Crippen molar-refractivity contribution < 1.29 is 9.53 Å². The topological polar surface area (TPSA) is 41.6 Å². The highest BCUT2D eigenvalue weighted by Gasteiger charge is 2.35. The highest BCUT2D eigenvalue weighted by molar-refractivity contribution is 5.92. The smallest absolute Gasteiger partial charge is 0.238 e. The molecule has 1 amide bonds.